The van der Waals surface area contributed by atoms with Gasteiger partial charge in [0.15, 0.2) is 0 Å². The Morgan fingerprint density at radius 3 is 2.17 bits per heavy atom. The molecule has 0 unspecified atom stereocenters. The molecule has 3 saturated heterocycles. The number of nitrogens with two attached hydrogens (primary N) is 1. The Labute approximate surface area is 436 Å². The van der Waals surface area contributed by atoms with Crippen molar-refractivity contribution in [3.8, 4) is 17.6 Å². The first-order valence-corrected chi connectivity index (χ1v) is 24.5. The molecule has 5 amide bonds. The summed E-state index contributed by atoms with van der Waals surface area (Å²) in [5, 5.41) is 26.6. The number of aliphatic hydroxyl groups is 1. The molecule has 386 valence electrons. The van der Waals surface area contributed by atoms with Crippen LogP contribution in [0.4, 0.5) is 32.3 Å². The second kappa shape index (κ2) is 21.8. The number of primary amides is 1. The van der Waals surface area contributed by atoms with Crippen molar-refractivity contribution in [3.63, 3.8) is 0 Å². The number of hydrogen-bond donors (Lipinski definition) is 4. The summed E-state index contributed by atoms with van der Waals surface area (Å²) in [4.78, 5) is 90.6. The zero-order valence-corrected chi connectivity index (χ0v) is 40.8. The molecule has 0 saturated carbocycles. The fourth-order valence-electron chi connectivity index (χ4n) is 10.9. The zero-order valence-electron chi connectivity index (χ0n) is 40.8. The van der Waals surface area contributed by atoms with Crippen molar-refractivity contribution < 1.29 is 52.9 Å². The molecule has 10 rings (SSSR count). The van der Waals surface area contributed by atoms with Gasteiger partial charge in [0.1, 0.15) is 36.5 Å². The lowest BCUT2D eigenvalue weighted by Crippen LogP contribution is -2.54. The second-order valence-corrected chi connectivity index (χ2v) is 18.4. The maximum Gasteiger partial charge on any atom is 0.421 e. The van der Waals surface area contributed by atoms with E-state index < -0.39 is 77.0 Å². The largest absolute Gasteiger partial charge is 0.491 e. The van der Waals surface area contributed by atoms with E-state index in [1.54, 1.807) is 48.5 Å². The molecule has 6 atom stereocenters. The number of aliphatic hydroxyl groups excluding tert-OH is 1. The summed E-state index contributed by atoms with van der Waals surface area (Å²) in [6.45, 7) is 1.63. The summed E-state index contributed by atoms with van der Waals surface area (Å²) in [7, 11) is 0. The smallest absolute Gasteiger partial charge is 0.421 e. The lowest BCUT2D eigenvalue weighted by Gasteiger charge is -2.46. The predicted octanol–water partition coefficient (Wildman–Crippen LogP) is 6.46. The monoisotopic (exact) mass is 1030 g/mol. The van der Waals surface area contributed by atoms with Gasteiger partial charge in [0.2, 0.25) is 11.8 Å². The average molecular weight is 1030 g/mol. The van der Waals surface area contributed by atoms with Crippen molar-refractivity contribution in [3.05, 3.63) is 195 Å². The summed E-state index contributed by atoms with van der Waals surface area (Å²) >= 11 is 0. The van der Waals surface area contributed by atoms with Crippen LogP contribution in [-0.2, 0) is 40.6 Å². The Hall–Kier alpha value is -9.09. The molecule has 5 N–H and O–H groups in total. The van der Waals surface area contributed by atoms with Crippen molar-refractivity contribution in [2.75, 3.05) is 61.2 Å². The molecule has 3 fully saturated rings. The van der Waals surface area contributed by atoms with Crippen LogP contribution >= 0.6 is 0 Å². The number of imide groups is 1. The number of fused-ring (bicyclic) bond motifs is 3. The number of nitrogens with one attached hydrogen (secondary N) is 2. The summed E-state index contributed by atoms with van der Waals surface area (Å²) in [6, 6.07) is 38.0. The number of non-ortho nitro benzene ring substituents is 1. The summed E-state index contributed by atoms with van der Waals surface area (Å²) < 4.78 is 23.8. The van der Waals surface area contributed by atoms with Gasteiger partial charge >= 0.3 is 18.1 Å². The quantitative estimate of drug-likeness (QED) is 0.0420. The number of esters is 1. The van der Waals surface area contributed by atoms with Crippen LogP contribution in [-0.4, -0.2) is 96.9 Å². The summed E-state index contributed by atoms with van der Waals surface area (Å²) in [5.41, 5.74) is 6.85. The number of carbonyl (C=O) groups excluding carboxylic acids is 5. The molecule has 4 heterocycles. The summed E-state index contributed by atoms with van der Waals surface area (Å²) in [6.07, 6.45) is -2.13. The van der Waals surface area contributed by atoms with E-state index in [0.717, 1.165) is 10.6 Å². The number of nitro benzene ring substituents is 1. The van der Waals surface area contributed by atoms with Crippen molar-refractivity contribution >= 4 is 52.7 Å². The Bertz CT molecular complexity index is 3220. The normalized spacial score (nSPS) is 21.6. The van der Waals surface area contributed by atoms with E-state index in [1.807, 2.05) is 77.7 Å². The molecular weight excluding hydrogens is 975 g/mol. The third-order valence-electron chi connectivity index (χ3n) is 14.1. The van der Waals surface area contributed by atoms with Gasteiger partial charge in [-0.1, -0.05) is 84.6 Å². The highest BCUT2D eigenvalue weighted by Crippen LogP contribution is 2.66. The van der Waals surface area contributed by atoms with Crippen LogP contribution in [0, 0.1) is 27.9 Å². The van der Waals surface area contributed by atoms with Gasteiger partial charge in [0.05, 0.1) is 55.0 Å². The number of rotatable bonds is 13. The molecule has 0 aromatic heterocycles. The van der Waals surface area contributed by atoms with E-state index in [4.69, 9.17) is 24.7 Å². The Morgan fingerprint density at radius 1 is 0.829 bits per heavy atom. The van der Waals surface area contributed by atoms with Gasteiger partial charge in [0.25, 0.3) is 5.69 Å². The van der Waals surface area contributed by atoms with Crippen molar-refractivity contribution in [2.24, 2.45) is 11.7 Å². The fraction of sp³-hybridized carbons (Fsp3) is 0.246. The van der Waals surface area contributed by atoms with Crippen LogP contribution in [0.3, 0.4) is 0 Å². The molecule has 6 aromatic rings. The molecule has 0 bridgehead atoms. The SMILES string of the molecule is NC(=O)NCC#Cc1ccc2c(c1)[C@]1(C(=O)N2C(=O)OCc2ccc([N+](=O)[O-])cc2)[C@H](C(=O)Nc2ccc(N3CCOCC3)cc2)[C@H]2C(=O)O[C@H](c3ccccc3)[C@H](c3ccccc3)N2[C@@H]1c1ccc(OCCO)cc1. The number of hydrogen-bond acceptors (Lipinski definition) is 14. The highest BCUT2D eigenvalue weighted by Gasteiger charge is 2.76. The van der Waals surface area contributed by atoms with Gasteiger partial charge in [-0.2, -0.15) is 0 Å². The molecule has 19 nitrogen and oxygen atoms in total. The van der Waals surface area contributed by atoms with E-state index in [1.165, 1.54) is 30.3 Å². The predicted molar refractivity (Wildman–Crippen MR) is 277 cm³/mol. The number of ether oxygens (including phenoxy) is 4. The third-order valence-corrected chi connectivity index (χ3v) is 14.1. The molecule has 6 aromatic carbocycles. The fourth-order valence-corrected chi connectivity index (χ4v) is 10.9. The number of benzene rings is 6. The van der Waals surface area contributed by atoms with Gasteiger partial charge in [0, 0.05) is 42.2 Å². The van der Waals surface area contributed by atoms with Crippen LogP contribution in [0.5, 0.6) is 5.75 Å². The van der Waals surface area contributed by atoms with E-state index >= 15 is 14.4 Å². The Balaban J connectivity index is 1.20. The number of nitro groups is 1. The van der Waals surface area contributed by atoms with Gasteiger partial charge in [-0.3, -0.25) is 29.4 Å². The highest BCUT2D eigenvalue weighted by molar-refractivity contribution is 6.24. The maximum atomic E-state index is 16.7. The zero-order chi connectivity index (χ0) is 52.9. The number of anilines is 3. The molecular formula is C57H51N7O12. The van der Waals surface area contributed by atoms with E-state index in [0.29, 0.717) is 65.6 Å². The lowest BCUT2D eigenvalue weighted by molar-refractivity contribution is -0.384. The first-order valence-electron chi connectivity index (χ1n) is 24.5. The molecule has 76 heavy (non-hydrogen) atoms. The minimum absolute atomic E-state index is 0.0150. The molecule has 19 heteroatoms. The first-order chi connectivity index (χ1) is 37.0. The number of carbonyl (C=O) groups is 5. The highest BCUT2D eigenvalue weighted by atomic mass is 16.6. The number of morpholine rings is 2. The Morgan fingerprint density at radius 2 is 1.51 bits per heavy atom. The van der Waals surface area contributed by atoms with E-state index in [9.17, 15) is 24.8 Å². The molecule has 0 radical (unpaired) electrons. The number of amides is 5. The topological polar surface area (TPSA) is 245 Å². The van der Waals surface area contributed by atoms with Gasteiger partial charge in [-0.15, -0.1) is 0 Å². The maximum absolute atomic E-state index is 16.7. The molecule has 4 aliphatic heterocycles. The number of nitrogens with zero attached hydrogens (tertiary/aromatic N) is 4. The Kier molecular flexibility index (Phi) is 14.5. The third kappa shape index (κ3) is 9.63. The summed E-state index contributed by atoms with van der Waals surface area (Å²) in [5.74, 6) is 2.13. The first kappa shape index (κ1) is 50.4. The van der Waals surface area contributed by atoms with Gasteiger partial charge in [-0.25, -0.2) is 14.5 Å². The molecule has 1 spiro atoms. The van der Waals surface area contributed by atoms with Gasteiger partial charge in [-0.05, 0) is 94.5 Å². The van der Waals surface area contributed by atoms with Crippen LogP contribution < -0.4 is 30.9 Å². The minimum atomic E-state index is -2.20. The molecule has 0 aliphatic carbocycles. The van der Waals surface area contributed by atoms with Crippen molar-refractivity contribution in [2.45, 2.75) is 36.3 Å². The lowest BCUT2D eigenvalue weighted by atomic mass is 9.65. The van der Waals surface area contributed by atoms with Crippen LogP contribution in [0.2, 0.25) is 0 Å². The average Bonchev–Trinajstić information content (AvgIpc) is 4.09. The number of urea groups is 1. The second-order valence-electron chi connectivity index (χ2n) is 18.4. The standard InChI is InChI=1S/C57H51N7O12/c58-55(69)59-27-7-8-36-15-26-46-45(34-36)57(54(68)62(46)56(70)75-35-37-13-20-43(21-14-37)64(71)72)47(52(66)60-41-18-22-42(23-19-41)61-28-31-73-32-29-61)49-53(67)76-50(39-11-5-2-6-12-39)48(38-9-3-1-4-10-38)63(49)51(57)40-16-24-44(25-17-40)74-33-30-65/h1-6,9-26,34,47-51,65H,27-33,35H2,(H,60,66)(H3,58,59,69)/t47-,48-,49-,50+,51+,57-/m0/s1. The number of cyclic esters (lactones) is 1. The van der Waals surface area contributed by atoms with Crippen molar-refractivity contribution in [1.29, 1.82) is 0 Å². The van der Waals surface area contributed by atoms with Crippen molar-refractivity contribution in [1.82, 2.24) is 10.2 Å². The van der Waals surface area contributed by atoms with E-state index in [-0.39, 0.29) is 36.7 Å². The van der Waals surface area contributed by atoms with Crippen LogP contribution in [0.25, 0.3) is 0 Å². The molecule has 4 aliphatic rings. The minimum Gasteiger partial charge on any atom is -0.491 e. The van der Waals surface area contributed by atoms with Gasteiger partial charge < -0.3 is 45.3 Å². The van der Waals surface area contributed by atoms with Crippen LogP contribution in [0.1, 0.15) is 51.6 Å². The van der Waals surface area contributed by atoms with Crippen LogP contribution in [0.15, 0.2) is 152 Å². The van der Waals surface area contributed by atoms with E-state index in [2.05, 4.69) is 27.4 Å².